The van der Waals surface area contributed by atoms with Crippen LogP contribution in [0.3, 0.4) is 0 Å². The molecule has 0 heterocycles. The molecule has 2 heteroatoms. The van der Waals surface area contributed by atoms with Gasteiger partial charge in [-0.1, -0.05) is 13.3 Å². The van der Waals surface area contributed by atoms with Crippen molar-refractivity contribution in [3.8, 4) is 0 Å². The average Bonchev–Trinajstić information content (AvgIpc) is 3.09. The Kier molecular flexibility index (Phi) is 4.26. The zero-order valence-corrected chi connectivity index (χ0v) is 11.2. The fourth-order valence-corrected chi connectivity index (χ4v) is 2.84. The molecule has 0 bridgehead atoms. The van der Waals surface area contributed by atoms with Crippen molar-refractivity contribution in [3.63, 3.8) is 0 Å². The Bertz CT molecular complexity index is 205. The van der Waals surface area contributed by atoms with Gasteiger partial charge in [0.25, 0.3) is 0 Å². The predicted molar refractivity (Wildman–Crippen MR) is 69.6 cm³/mol. The minimum Gasteiger partial charge on any atom is -0.312 e. The minimum absolute atomic E-state index is 0.776. The molecule has 16 heavy (non-hydrogen) atoms. The summed E-state index contributed by atoms with van der Waals surface area (Å²) in [4.78, 5) is 2.42. The third-order valence-electron chi connectivity index (χ3n) is 4.21. The predicted octanol–water partition coefficient (Wildman–Crippen LogP) is 2.49. The van der Waals surface area contributed by atoms with E-state index < -0.39 is 0 Å². The lowest BCUT2D eigenvalue weighted by Gasteiger charge is -2.27. The topological polar surface area (TPSA) is 15.3 Å². The Hall–Kier alpha value is -0.0800. The lowest BCUT2D eigenvalue weighted by atomic mass is 10.1. The molecule has 0 amide bonds. The van der Waals surface area contributed by atoms with Crippen molar-refractivity contribution in [3.05, 3.63) is 0 Å². The van der Waals surface area contributed by atoms with E-state index in [0.717, 1.165) is 23.9 Å². The van der Waals surface area contributed by atoms with Crippen molar-refractivity contribution in [2.45, 2.75) is 57.5 Å². The maximum absolute atomic E-state index is 3.84. The highest BCUT2D eigenvalue weighted by atomic mass is 15.1. The lowest BCUT2D eigenvalue weighted by molar-refractivity contribution is 0.242. The van der Waals surface area contributed by atoms with E-state index in [1.54, 1.807) is 0 Å². The van der Waals surface area contributed by atoms with Crippen LogP contribution in [-0.2, 0) is 0 Å². The van der Waals surface area contributed by atoms with E-state index in [1.165, 1.54) is 45.1 Å². The average molecular weight is 224 g/mol. The molecule has 2 atom stereocenters. The first-order chi connectivity index (χ1) is 7.72. The van der Waals surface area contributed by atoms with Crippen LogP contribution in [0.4, 0.5) is 0 Å². The zero-order chi connectivity index (χ0) is 11.5. The standard InChI is InChI=1S/C14H28N2/c1-4-5-13(11-6-7-11)15-10-14(16(2)3)12-8-9-12/h11-15H,4-10H2,1-3H3. The van der Waals surface area contributed by atoms with Gasteiger partial charge in [0.15, 0.2) is 0 Å². The summed E-state index contributed by atoms with van der Waals surface area (Å²) in [5.41, 5.74) is 0. The number of hydrogen-bond acceptors (Lipinski definition) is 2. The molecule has 0 aromatic carbocycles. The summed E-state index contributed by atoms with van der Waals surface area (Å²) in [7, 11) is 4.47. The van der Waals surface area contributed by atoms with Gasteiger partial charge in [0.1, 0.15) is 0 Å². The largest absolute Gasteiger partial charge is 0.312 e. The number of rotatable bonds is 8. The summed E-state index contributed by atoms with van der Waals surface area (Å²) in [6.07, 6.45) is 8.53. The summed E-state index contributed by atoms with van der Waals surface area (Å²) in [6, 6.07) is 1.59. The van der Waals surface area contributed by atoms with Crippen LogP contribution in [0.15, 0.2) is 0 Å². The van der Waals surface area contributed by atoms with Crippen LogP contribution in [0.2, 0.25) is 0 Å². The van der Waals surface area contributed by atoms with Crippen LogP contribution < -0.4 is 5.32 Å². The van der Waals surface area contributed by atoms with Gasteiger partial charge in [-0.25, -0.2) is 0 Å². The molecule has 0 aromatic heterocycles. The van der Waals surface area contributed by atoms with Crippen LogP contribution in [0.5, 0.6) is 0 Å². The molecule has 94 valence electrons. The quantitative estimate of drug-likeness (QED) is 0.681. The Balaban J connectivity index is 1.74. The molecular formula is C14H28N2. The van der Waals surface area contributed by atoms with Crippen LogP contribution in [0, 0.1) is 11.8 Å². The number of nitrogens with zero attached hydrogens (tertiary/aromatic N) is 1. The number of hydrogen-bond donors (Lipinski definition) is 1. The second-order valence-corrected chi connectivity index (χ2v) is 6.01. The number of likely N-dealkylation sites (N-methyl/N-ethyl adjacent to an activating group) is 1. The maximum Gasteiger partial charge on any atom is 0.0242 e. The summed E-state index contributed by atoms with van der Waals surface area (Å²) < 4.78 is 0. The van der Waals surface area contributed by atoms with E-state index in [9.17, 15) is 0 Å². The summed E-state index contributed by atoms with van der Waals surface area (Å²) in [6.45, 7) is 3.51. The monoisotopic (exact) mass is 224 g/mol. The highest BCUT2D eigenvalue weighted by Crippen LogP contribution is 2.36. The zero-order valence-electron chi connectivity index (χ0n) is 11.2. The smallest absolute Gasteiger partial charge is 0.0242 e. The second-order valence-electron chi connectivity index (χ2n) is 6.01. The highest BCUT2D eigenvalue weighted by Gasteiger charge is 2.35. The Morgan fingerprint density at radius 3 is 2.19 bits per heavy atom. The summed E-state index contributed by atoms with van der Waals surface area (Å²) in [5, 5.41) is 3.84. The van der Waals surface area contributed by atoms with Crippen molar-refractivity contribution in [1.82, 2.24) is 10.2 Å². The van der Waals surface area contributed by atoms with E-state index in [4.69, 9.17) is 0 Å². The van der Waals surface area contributed by atoms with Gasteiger partial charge >= 0.3 is 0 Å². The molecule has 2 saturated carbocycles. The molecule has 2 rings (SSSR count). The van der Waals surface area contributed by atoms with Crippen LogP contribution >= 0.6 is 0 Å². The Morgan fingerprint density at radius 1 is 1.12 bits per heavy atom. The van der Waals surface area contributed by atoms with Crippen LogP contribution in [0.1, 0.15) is 45.4 Å². The molecule has 0 saturated heterocycles. The van der Waals surface area contributed by atoms with Gasteiger partial charge in [0.2, 0.25) is 0 Å². The molecular weight excluding hydrogens is 196 g/mol. The normalized spacial score (nSPS) is 24.8. The van der Waals surface area contributed by atoms with Crippen molar-refractivity contribution >= 4 is 0 Å². The van der Waals surface area contributed by atoms with Gasteiger partial charge in [-0.15, -0.1) is 0 Å². The molecule has 0 aromatic rings. The maximum atomic E-state index is 3.84. The molecule has 0 radical (unpaired) electrons. The molecule has 0 spiro atoms. The van der Waals surface area contributed by atoms with Gasteiger partial charge in [-0.3, -0.25) is 0 Å². The molecule has 0 aliphatic heterocycles. The first-order valence-corrected chi connectivity index (χ1v) is 7.12. The van der Waals surface area contributed by atoms with Gasteiger partial charge in [0, 0.05) is 18.6 Å². The van der Waals surface area contributed by atoms with E-state index in [0.29, 0.717) is 0 Å². The van der Waals surface area contributed by atoms with E-state index in [1.807, 2.05) is 0 Å². The molecule has 2 aliphatic carbocycles. The minimum atomic E-state index is 0.776. The van der Waals surface area contributed by atoms with Crippen molar-refractivity contribution < 1.29 is 0 Å². The molecule has 2 fully saturated rings. The van der Waals surface area contributed by atoms with Gasteiger partial charge < -0.3 is 10.2 Å². The van der Waals surface area contributed by atoms with E-state index in [-0.39, 0.29) is 0 Å². The second kappa shape index (κ2) is 5.50. The van der Waals surface area contributed by atoms with Gasteiger partial charge in [-0.05, 0) is 58.0 Å². The molecule has 2 nitrogen and oxygen atoms in total. The van der Waals surface area contributed by atoms with Gasteiger partial charge in [-0.2, -0.15) is 0 Å². The molecule has 1 N–H and O–H groups in total. The first kappa shape index (κ1) is 12.4. The van der Waals surface area contributed by atoms with E-state index >= 15 is 0 Å². The van der Waals surface area contributed by atoms with Crippen LogP contribution in [-0.4, -0.2) is 37.6 Å². The summed E-state index contributed by atoms with van der Waals surface area (Å²) >= 11 is 0. The molecule has 2 aliphatic rings. The highest BCUT2D eigenvalue weighted by molar-refractivity contribution is 4.91. The number of nitrogens with one attached hydrogen (secondary N) is 1. The van der Waals surface area contributed by atoms with E-state index in [2.05, 4.69) is 31.2 Å². The van der Waals surface area contributed by atoms with Crippen molar-refractivity contribution in [1.29, 1.82) is 0 Å². The fraction of sp³-hybridized carbons (Fsp3) is 1.00. The SMILES string of the molecule is CCCC(NCC(C1CC1)N(C)C)C1CC1. The molecule has 2 unspecified atom stereocenters. The third kappa shape index (κ3) is 3.46. The summed E-state index contributed by atoms with van der Waals surface area (Å²) in [5.74, 6) is 1.98. The van der Waals surface area contributed by atoms with Crippen molar-refractivity contribution in [2.24, 2.45) is 11.8 Å². The third-order valence-corrected chi connectivity index (χ3v) is 4.21. The van der Waals surface area contributed by atoms with Crippen molar-refractivity contribution in [2.75, 3.05) is 20.6 Å². The Morgan fingerprint density at radius 2 is 1.75 bits per heavy atom. The fourth-order valence-electron chi connectivity index (χ4n) is 2.84. The van der Waals surface area contributed by atoms with Gasteiger partial charge in [0.05, 0.1) is 0 Å². The van der Waals surface area contributed by atoms with Crippen LogP contribution in [0.25, 0.3) is 0 Å². The first-order valence-electron chi connectivity index (χ1n) is 7.12. The lowest BCUT2D eigenvalue weighted by Crippen LogP contribution is -2.44. The Labute approximate surface area is 101 Å².